The van der Waals surface area contributed by atoms with Crippen molar-refractivity contribution >= 4 is 29.2 Å². The Hall–Kier alpha value is -2.39. The number of rotatable bonds is 8. The van der Waals surface area contributed by atoms with Crippen LogP contribution in [0.3, 0.4) is 0 Å². The summed E-state index contributed by atoms with van der Waals surface area (Å²) in [7, 11) is 0. The molecule has 2 heterocycles. The molecule has 7 nitrogen and oxygen atoms in total. The molecule has 0 bridgehead atoms. The van der Waals surface area contributed by atoms with E-state index >= 15 is 0 Å². The standard InChI is InChI=1S/C23H28N4O3S/c28-17-16-25-14-12-24(13-15-25)9-3-10-26-20-4-1-2-5-22(20)31-23-7-6-19(18-21(23)26)8-11-27(29)30/h1-2,4-8,11,18,28H,3,9-10,12-17H2/b11-8+. The number of fused-ring (bicyclic) bond motifs is 2. The molecular weight excluding hydrogens is 412 g/mol. The van der Waals surface area contributed by atoms with Crippen molar-refractivity contribution in [1.82, 2.24) is 9.80 Å². The molecule has 1 fully saturated rings. The van der Waals surface area contributed by atoms with Crippen LogP contribution in [-0.4, -0.2) is 72.2 Å². The van der Waals surface area contributed by atoms with Crippen molar-refractivity contribution in [2.45, 2.75) is 16.2 Å². The van der Waals surface area contributed by atoms with Gasteiger partial charge in [0.25, 0.3) is 0 Å². The molecule has 164 valence electrons. The van der Waals surface area contributed by atoms with Gasteiger partial charge in [0.1, 0.15) is 0 Å². The minimum atomic E-state index is -0.429. The molecule has 8 heteroatoms. The molecule has 31 heavy (non-hydrogen) atoms. The van der Waals surface area contributed by atoms with E-state index in [0.29, 0.717) is 0 Å². The summed E-state index contributed by atoms with van der Waals surface area (Å²) in [5.74, 6) is 0. The van der Waals surface area contributed by atoms with Gasteiger partial charge in [0.15, 0.2) is 0 Å². The van der Waals surface area contributed by atoms with Crippen LogP contribution in [0.4, 0.5) is 11.4 Å². The van der Waals surface area contributed by atoms with E-state index in [1.165, 1.54) is 15.5 Å². The second kappa shape index (κ2) is 10.3. The fourth-order valence-corrected chi connectivity index (χ4v) is 5.24. The third kappa shape index (κ3) is 5.46. The molecule has 2 aromatic carbocycles. The number of anilines is 2. The topological polar surface area (TPSA) is 73.1 Å². The van der Waals surface area contributed by atoms with E-state index in [1.807, 2.05) is 12.1 Å². The van der Waals surface area contributed by atoms with Gasteiger partial charge in [-0.2, -0.15) is 0 Å². The third-order valence-electron chi connectivity index (χ3n) is 5.78. The molecule has 0 atom stereocenters. The van der Waals surface area contributed by atoms with Gasteiger partial charge in [0.05, 0.1) is 22.9 Å². The second-order valence-corrected chi connectivity index (χ2v) is 8.89. The van der Waals surface area contributed by atoms with Crippen LogP contribution in [0.2, 0.25) is 0 Å². The maximum absolute atomic E-state index is 10.7. The number of nitro groups is 1. The number of piperazine rings is 1. The van der Waals surface area contributed by atoms with E-state index in [1.54, 1.807) is 17.8 Å². The smallest absolute Gasteiger partial charge is 0.235 e. The van der Waals surface area contributed by atoms with Crippen molar-refractivity contribution in [3.8, 4) is 0 Å². The van der Waals surface area contributed by atoms with Crippen LogP contribution in [0.25, 0.3) is 6.08 Å². The summed E-state index contributed by atoms with van der Waals surface area (Å²) in [5, 5.41) is 19.8. The van der Waals surface area contributed by atoms with E-state index < -0.39 is 4.92 Å². The van der Waals surface area contributed by atoms with Crippen LogP contribution in [-0.2, 0) is 0 Å². The van der Waals surface area contributed by atoms with Crippen molar-refractivity contribution in [2.24, 2.45) is 0 Å². The Kier molecular flexibility index (Phi) is 7.24. The first-order valence-corrected chi connectivity index (χ1v) is 11.5. The van der Waals surface area contributed by atoms with Crippen molar-refractivity contribution in [2.75, 3.05) is 57.3 Å². The Morgan fingerprint density at radius 2 is 1.68 bits per heavy atom. The second-order valence-electron chi connectivity index (χ2n) is 7.81. The zero-order chi connectivity index (χ0) is 21.6. The summed E-state index contributed by atoms with van der Waals surface area (Å²) in [6.07, 6.45) is 3.58. The van der Waals surface area contributed by atoms with Crippen LogP contribution in [0.15, 0.2) is 58.5 Å². The molecule has 0 radical (unpaired) electrons. The maximum Gasteiger partial charge on any atom is 0.235 e. The summed E-state index contributed by atoms with van der Waals surface area (Å²) in [6.45, 7) is 7.03. The Bertz CT molecular complexity index is 944. The number of aliphatic hydroxyl groups is 1. The van der Waals surface area contributed by atoms with Crippen LogP contribution in [0.5, 0.6) is 0 Å². The molecular formula is C23H28N4O3S. The lowest BCUT2D eigenvalue weighted by atomic mass is 10.1. The average molecular weight is 441 g/mol. The molecule has 2 aromatic rings. The maximum atomic E-state index is 10.7. The van der Waals surface area contributed by atoms with Crippen LogP contribution < -0.4 is 4.90 Å². The molecule has 2 aliphatic heterocycles. The molecule has 0 amide bonds. The highest BCUT2D eigenvalue weighted by atomic mass is 32.2. The number of hydrogen-bond donors (Lipinski definition) is 1. The van der Waals surface area contributed by atoms with Crippen molar-refractivity contribution < 1.29 is 10.0 Å². The zero-order valence-corrected chi connectivity index (χ0v) is 18.3. The molecule has 1 N–H and O–H groups in total. The SMILES string of the molecule is O=[N+]([O-])/C=C/c1ccc2c(c1)N(CCCN1CCN(CCO)CC1)c1ccccc1S2. The van der Waals surface area contributed by atoms with E-state index in [-0.39, 0.29) is 6.61 Å². The first-order valence-electron chi connectivity index (χ1n) is 10.7. The molecule has 1 saturated heterocycles. The molecule has 0 spiro atoms. The molecule has 0 aromatic heterocycles. The summed E-state index contributed by atoms with van der Waals surface area (Å²) < 4.78 is 0. The summed E-state index contributed by atoms with van der Waals surface area (Å²) >= 11 is 1.75. The van der Waals surface area contributed by atoms with Gasteiger partial charge in [-0.15, -0.1) is 0 Å². The number of benzene rings is 2. The highest BCUT2D eigenvalue weighted by molar-refractivity contribution is 7.99. The number of aliphatic hydroxyl groups excluding tert-OH is 1. The van der Waals surface area contributed by atoms with E-state index in [4.69, 9.17) is 5.11 Å². The Morgan fingerprint density at radius 3 is 2.42 bits per heavy atom. The van der Waals surface area contributed by atoms with Crippen LogP contribution in [0.1, 0.15) is 12.0 Å². The minimum Gasteiger partial charge on any atom is -0.395 e. The fourth-order valence-electron chi connectivity index (χ4n) is 4.17. The number of para-hydroxylation sites is 1. The van der Waals surface area contributed by atoms with Gasteiger partial charge < -0.3 is 14.9 Å². The predicted octanol–water partition coefficient (Wildman–Crippen LogP) is 3.54. The van der Waals surface area contributed by atoms with Crippen molar-refractivity contribution in [1.29, 1.82) is 0 Å². The van der Waals surface area contributed by atoms with Crippen molar-refractivity contribution in [3.63, 3.8) is 0 Å². The van der Waals surface area contributed by atoms with Gasteiger partial charge in [0.2, 0.25) is 6.20 Å². The first kappa shape index (κ1) is 21.8. The minimum absolute atomic E-state index is 0.227. The van der Waals surface area contributed by atoms with Crippen LogP contribution in [0, 0.1) is 10.1 Å². The predicted molar refractivity (Wildman–Crippen MR) is 125 cm³/mol. The van der Waals surface area contributed by atoms with Crippen molar-refractivity contribution in [3.05, 3.63) is 64.3 Å². The van der Waals surface area contributed by atoms with E-state index in [0.717, 1.165) is 69.7 Å². The molecule has 0 unspecified atom stereocenters. The molecule has 2 aliphatic rings. The number of hydrogen-bond acceptors (Lipinski definition) is 7. The summed E-state index contributed by atoms with van der Waals surface area (Å²) in [5.41, 5.74) is 3.14. The summed E-state index contributed by atoms with van der Waals surface area (Å²) in [4.78, 5) is 19.9. The van der Waals surface area contributed by atoms with Crippen LogP contribution >= 0.6 is 11.8 Å². The van der Waals surface area contributed by atoms with Gasteiger partial charge in [0, 0.05) is 55.1 Å². The first-order chi connectivity index (χ1) is 15.1. The highest BCUT2D eigenvalue weighted by Gasteiger charge is 2.24. The lowest BCUT2D eigenvalue weighted by Gasteiger charge is -2.36. The van der Waals surface area contributed by atoms with Gasteiger partial charge in [-0.1, -0.05) is 30.0 Å². The Balaban J connectivity index is 1.46. The Morgan fingerprint density at radius 1 is 0.968 bits per heavy atom. The lowest BCUT2D eigenvalue weighted by Crippen LogP contribution is -2.47. The normalized spacial score (nSPS) is 17.0. The van der Waals surface area contributed by atoms with Gasteiger partial charge in [-0.05, 0) is 42.8 Å². The molecule has 0 saturated carbocycles. The van der Waals surface area contributed by atoms with Gasteiger partial charge in [-0.3, -0.25) is 15.0 Å². The van der Waals surface area contributed by atoms with E-state index in [9.17, 15) is 10.1 Å². The monoisotopic (exact) mass is 440 g/mol. The third-order valence-corrected chi connectivity index (χ3v) is 6.91. The average Bonchev–Trinajstić information content (AvgIpc) is 2.78. The van der Waals surface area contributed by atoms with Gasteiger partial charge >= 0.3 is 0 Å². The number of nitrogens with zero attached hydrogens (tertiary/aromatic N) is 4. The fraction of sp³-hybridized carbons (Fsp3) is 0.391. The quantitative estimate of drug-likeness (QED) is 0.497. The zero-order valence-electron chi connectivity index (χ0n) is 17.5. The van der Waals surface area contributed by atoms with E-state index in [2.05, 4.69) is 45.0 Å². The number of β-amino-alcohol motifs (C(OH)–C–C–N with tert-alkyl or cyclic N) is 1. The summed E-state index contributed by atoms with van der Waals surface area (Å²) in [6, 6.07) is 14.5. The molecule has 0 aliphatic carbocycles. The lowest BCUT2D eigenvalue weighted by molar-refractivity contribution is -0.400. The van der Waals surface area contributed by atoms with Gasteiger partial charge in [-0.25, -0.2) is 0 Å². The highest BCUT2D eigenvalue weighted by Crippen LogP contribution is 2.48. The molecule has 4 rings (SSSR count). The largest absolute Gasteiger partial charge is 0.395 e. The Labute approximate surface area is 187 Å².